The fourth-order valence-corrected chi connectivity index (χ4v) is 4.31. The highest BCUT2D eigenvalue weighted by Gasteiger charge is 2.34. The largest absolute Gasteiger partial charge is 0.465 e. The highest BCUT2D eigenvalue weighted by Crippen LogP contribution is 2.33. The standard InChI is InChI=1S/C19H25N3O2/c1-12-10-21(3)18(20-12)14-8-9-22(11-14)19(23)17-13(2)24-16-7-5-4-6-15(16)17/h10,14H,4-9,11H2,1-3H3/t14-/m0/s1. The summed E-state index contributed by atoms with van der Waals surface area (Å²) >= 11 is 0. The summed E-state index contributed by atoms with van der Waals surface area (Å²) in [6.45, 7) is 5.50. The highest BCUT2D eigenvalue weighted by molar-refractivity contribution is 5.97. The van der Waals surface area contributed by atoms with Crippen LogP contribution in [0.5, 0.6) is 0 Å². The number of aromatic nitrogens is 2. The van der Waals surface area contributed by atoms with Gasteiger partial charge in [0.05, 0.1) is 11.3 Å². The molecule has 2 aliphatic rings. The van der Waals surface area contributed by atoms with Crippen LogP contribution in [-0.2, 0) is 19.9 Å². The van der Waals surface area contributed by atoms with Gasteiger partial charge in [0.2, 0.25) is 0 Å². The van der Waals surface area contributed by atoms with E-state index in [4.69, 9.17) is 4.42 Å². The zero-order valence-electron chi connectivity index (χ0n) is 14.8. The molecule has 4 rings (SSSR count). The Morgan fingerprint density at radius 2 is 2.08 bits per heavy atom. The minimum atomic E-state index is 0.146. The summed E-state index contributed by atoms with van der Waals surface area (Å²) < 4.78 is 7.98. The summed E-state index contributed by atoms with van der Waals surface area (Å²) in [4.78, 5) is 19.7. The first-order chi connectivity index (χ1) is 11.5. The molecule has 1 aliphatic heterocycles. The minimum Gasteiger partial charge on any atom is -0.465 e. The van der Waals surface area contributed by atoms with Gasteiger partial charge in [-0.15, -0.1) is 0 Å². The van der Waals surface area contributed by atoms with Gasteiger partial charge in [0.15, 0.2) is 0 Å². The second-order valence-electron chi connectivity index (χ2n) is 7.23. The number of furan rings is 1. The molecule has 1 atom stereocenters. The van der Waals surface area contributed by atoms with Crippen molar-refractivity contribution in [1.29, 1.82) is 0 Å². The lowest BCUT2D eigenvalue weighted by Gasteiger charge is -2.18. The average molecular weight is 327 g/mol. The maximum absolute atomic E-state index is 13.1. The molecule has 1 aliphatic carbocycles. The fraction of sp³-hybridized carbons (Fsp3) is 0.579. The van der Waals surface area contributed by atoms with Gasteiger partial charge in [0.1, 0.15) is 17.3 Å². The maximum atomic E-state index is 13.1. The third-order valence-electron chi connectivity index (χ3n) is 5.43. The fourth-order valence-electron chi connectivity index (χ4n) is 4.31. The van der Waals surface area contributed by atoms with Gasteiger partial charge < -0.3 is 13.9 Å². The third kappa shape index (κ3) is 2.46. The lowest BCUT2D eigenvalue weighted by atomic mass is 9.94. The number of hydrogen-bond acceptors (Lipinski definition) is 3. The van der Waals surface area contributed by atoms with E-state index in [1.165, 1.54) is 5.56 Å². The zero-order valence-corrected chi connectivity index (χ0v) is 14.8. The number of likely N-dealkylation sites (tertiary alicyclic amines) is 1. The molecule has 0 radical (unpaired) electrons. The molecule has 0 spiro atoms. The Bertz CT molecular complexity index is 787. The predicted molar refractivity (Wildman–Crippen MR) is 91.3 cm³/mol. The van der Waals surface area contributed by atoms with Crippen molar-refractivity contribution in [2.75, 3.05) is 13.1 Å². The monoisotopic (exact) mass is 327 g/mol. The summed E-state index contributed by atoms with van der Waals surface area (Å²) in [6.07, 6.45) is 7.30. The molecule has 1 fully saturated rings. The van der Waals surface area contributed by atoms with Gasteiger partial charge in [-0.25, -0.2) is 4.98 Å². The Balaban J connectivity index is 1.56. The van der Waals surface area contributed by atoms with Crippen LogP contribution in [0.3, 0.4) is 0 Å². The quantitative estimate of drug-likeness (QED) is 0.851. The lowest BCUT2D eigenvalue weighted by molar-refractivity contribution is 0.0787. The van der Waals surface area contributed by atoms with Gasteiger partial charge >= 0.3 is 0 Å². The molecule has 1 amide bonds. The van der Waals surface area contributed by atoms with E-state index >= 15 is 0 Å². The second kappa shape index (κ2) is 5.80. The molecule has 0 bridgehead atoms. The number of carbonyl (C=O) groups excluding carboxylic acids is 1. The number of fused-ring (bicyclic) bond motifs is 1. The third-order valence-corrected chi connectivity index (χ3v) is 5.43. The van der Waals surface area contributed by atoms with Crippen molar-refractivity contribution < 1.29 is 9.21 Å². The number of rotatable bonds is 2. The molecule has 2 aromatic heterocycles. The highest BCUT2D eigenvalue weighted by atomic mass is 16.3. The van der Waals surface area contributed by atoms with Crippen LogP contribution in [0.15, 0.2) is 10.6 Å². The molecule has 24 heavy (non-hydrogen) atoms. The second-order valence-corrected chi connectivity index (χ2v) is 7.23. The molecule has 0 saturated carbocycles. The number of nitrogens with zero attached hydrogens (tertiary/aromatic N) is 3. The molecule has 1 saturated heterocycles. The van der Waals surface area contributed by atoms with Crippen LogP contribution in [0.25, 0.3) is 0 Å². The van der Waals surface area contributed by atoms with Crippen molar-refractivity contribution in [3.05, 3.63) is 40.4 Å². The molecular weight excluding hydrogens is 302 g/mol. The summed E-state index contributed by atoms with van der Waals surface area (Å²) in [5, 5.41) is 0. The van der Waals surface area contributed by atoms with Crippen LogP contribution in [0.2, 0.25) is 0 Å². The molecule has 2 aromatic rings. The SMILES string of the molecule is Cc1cn(C)c([C@H]2CCN(C(=O)c3c(C)oc4c3CCCC4)C2)n1. The predicted octanol–water partition coefficient (Wildman–Crippen LogP) is 3.14. The number of aryl methyl sites for hydroxylation is 4. The lowest BCUT2D eigenvalue weighted by Crippen LogP contribution is -2.30. The van der Waals surface area contributed by atoms with E-state index in [-0.39, 0.29) is 5.91 Å². The van der Waals surface area contributed by atoms with Crippen LogP contribution >= 0.6 is 0 Å². The van der Waals surface area contributed by atoms with Crippen LogP contribution < -0.4 is 0 Å². The maximum Gasteiger partial charge on any atom is 0.257 e. The van der Waals surface area contributed by atoms with Gasteiger partial charge in [-0.05, 0) is 39.5 Å². The molecule has 128 valence electrons. The van der Waals surface area contributed by atoms with Gasteiger partial charge in [-0.2, -0.15) is 0 Å². The number of hydrogen-bond donors (Lipinski definition) is 0. The molecule has 5 heteroatoms. The van der Waals surface area contributed by atoms with Crippen LogP contribution in [0.4, 0.5) is 0 Å². The van der Waals surface area contributed by atoms with E-state index in [1.54, 1.807) is 0 Å². The Hall–Kier alpha value is -2.04. The smallest absolute Gasteiger partial charge is 0.257 e. The van der Waals surface area contributed by atoms with Gasteiger partial charge in [-0.1, -0.05) is 0 Å². The summed E-state index contributed by atoms with van der Waals surface area (Å²) in [6, 6.07) is 0. The van der Waals surface area contributed by atoms with Crippen molar-refractivity contribution in [3.8, 4) is 0 Å². The molecular formula is C19H25N3O2. The summed E-state index contributed by atoms with van der Waals surface area (Å²) in [5.41, 5.74) is 3.04. The molecule has 0 unspecified atom stereocenters. The van der Waals surface area contributed by atoms with Crippen molar-refractivity contribution >= 4 is 5.91 Å². The molecule has 0 aromatic carbocycles. The first-order valence-corrected chi connectivity index (χ1v) is 8.95. The van der Waals surface area contributed by atoms with Gasteiger partial charge in [0, 0.05) is 44.2 Å². The summed E-state index contributed by atoms with van der Waals surface area (Å²) in [7, 11) is 2.04. The van der Waals surface area contributed by atoms with Crippen molar-refractivity contribution in [3.63, 3.8) is 0 Å². The number of imidazole rings is 1. The van der Waals surface area contributed by atoms with Crippen LogP contribution in [0, 0.1) is 13.8 Å². The van der Waals surface area contributed by atoms with Crippen LogP contribution in [-0.4, -0.2) is 33.4 Å². The topological polar surface area (TPSA) is 51.3 Å². The van der Waals surface area contributed by atoms with E-state index in [9.17, 15) is 4.79 Å². The average Bonchev–Trinajstić information content (AvgIpc) is 3.23. The van der Waals surface area contributed by atoms with E-state index < -0.39 is 0 Å². The van der Waals surface area contributed by atoms with E-state index in [2.05, 4.69) is 15.7 Å². The van der Waals surface area contributed by atoms with Gasteiger partial charge in [0.25, 0.3) is 5.91 Å². The first kappa shape index (κ1) is 15.5. The summed E-state index contributed by atoms with van der Waals surface area (Å²) in [5.74, 6) is 3.40. The van der Waals surface area contributed by atoms with E-state index in [1.807, 2.05) is 25.8 Å². The minimum absolute atomic E-state index is 0.146. The molecule has 3 heterocycles. The number of amides is 1. The van der Waals surface area contributed by atoms with Gasteiger partial charge in [-0.3, -0.25) is 4.79 Å². The first-order valence-electron chi connectivity index (χ1n) is 8.95. The zero-order chi connectivity index (χ0) is 16.8. The van der Waals surface area contributed by atoms with E-state index in [0.717, 1.165) is 73.8 Å². The van der Waals surface area contributed by atoms with Crippen molar-refractivity contribution in [2.45, 2.75) is 51.9 Å². The van der Waals surface area contributed by atoms with Crippen LogP contribution in [0.1, 0.15) is 64.1 Å². The van der Waals surface area contributed by atoms with E-state index in [0.29, 0.717) is 5.92 Å². The normalized spacial score (nSPS) is 20.5. The number of carbonyl (C=O) groups is 1. The Labute approximate surface area is 142 Å². The molecule has 0 N–H and O–H groups in total. The van der Waals surface area contributed by atoms with Crippen molar-refractivity contribution in [1.82, 2.24) is 14.5 Å². The Morgan fingerprint density at radius 3 is 2.83 bits per heavy atom. The van der Waals surface area contributed by atoms with Crippen molar-refractivity contribution in [2.24, 2.45) is 7.05 Å². The molecule has 5 nitrogen and oxygen atoms in total. The Morgan fingerprint density at radius 1 is 1.29 bits per heavy atom. The Kier molecular flexibility index (Phi) is 3.74.